The van der Waals surface area contributed by atoms with Crippen LogP contribution in [0, 0.1) is 11.7 Å². The molecule has 1 atom stereocenters. The molecule has 3 rings (SSSR count). The number of piperidine rings is 1. The summed E-state index contributed by atoms with van der Waals surface area (Å²) in [6, 6.07) is 10.3. The molecular formula is C20H22ClFN2O4S. The highest BCUT2D eigenvalue weighted by molar-refractivity contribution is 7.89. The van der Waals surface area contributed by atoms with Gasteiger partial charge in [0.2, 0.25) is 15.9 Å². The van der Waals surface area contributed by atoms with E-state index in [1.165, 1.54) is 35.7 Å². The number of carbonyl (C=O) groups is 1. The summed E-state index contributed by atoms with van der Waals surface area (Å²) in [5, 5.41) is 3.09. The molecule has 0 radical (unpaired) electrons. The standard InChI is InChI=1S/C20H22ClFN2O4S/c1-28-18-9-6-16(21)11-19(18)29(26,27)24-10-2-3-15(13-24)20(25)23-12-14-4-7-17(22)8-5-14/h4-9,11,15H,2-3,10,12-13H2,1H3,(H,23,25). The van der Waals surface area contributed by atoms with Gasteiger partial charge in [0.05, 0.1) is 13.0 Å². The van der Waals surface area contributed by atoms with Crippen molar-refractivity contribution >= 4 is 27.5 Å². The van der Waals surface area contributed by atoms with Gasteiger partial charge in [0, 0.05) is 24.7 Å². The number of rotatable bonds is 6. The Hall–Kier alpha value is -2.16. The molecule has 6 nitrogen and oxygen atoms in total. The lowest BCUT2D eigenvalue weighted by molar-refractivity contribution is -0.126. The van der Waals surface area contributed by atoms with Gasteiger partial charge in [-0.2, -0.15) is 4.31 Å². The second kappa shape index (κ2) is 9.11. The van der Waals surface area contributed by atoms with Crippen LogP contribution in [0.1, 0.15) is 18.4 Å². The van der Waals surface area contributed by atoms with E-state index in [0.717, 1.165) is 5.56 Å². The molecule has 1 heterocycles. The first kappa shape index (κ1) is 21.5. The van der Waals surface area contributed by atoms with E-state index in [1.807, 2.05) is 0 Å². The second-order valence-electron chi connectivity index (χ2n) is 6.84. The predicted octanol–water partition coefficient (Wildman–Crippen LogP) is 3.20. The number of halogens is 2. The minimum absolute atomic E-state index is 0.0140. The molecular weight excluding hydrogens is 419 g/mol. The average molecular weight is 441 g/mol. The molecule has 2 aromatic rings. The van der Waals surface area contributed by atoms with Crippen molar-refractivity contribution in [1.82, 2.24) is 9.62 Å². The first-order chi connectivity index (χ1) is 13.8. The molecule has 9 heteroatoms. The Balaban J connectivity index is 1.70. The molecule has 1 fully saturated rings. The maximum atomic E-state index is 13.1. The predicted molar refractivity (Wildman–Crippen MR) is 108 cm³/mol. The van der Waals surface area contributed by atoms with Crippen molar-refractivity contribution in [2.75, 3.05) is 20.2 Å². The molecule has 0 spiro atoms. The molecule has 1 unspecified atom stereocenters. The summed E-state index contributed by atoms with van der Waals surface area (Å²) in [6.45, 7) is 0.650. The van der Waals surface area contributed by atoms with Gasteiger partial charge in [0.1, 0.15) is 16.5 Å². The van der Waals surface area contributed by atoms with Crippen LogP contribution in [0.3, 0.4) is 0 Å². The van der Waals surface area contributed by atoms with Crippen molar-refractivity contribution in [3.63, 3.8) is 0 Å². The third kappa shape index (κ3) is 5.07. The van der Waals surface area contributed by atoms with E-state index in [1.54, 1.807) is 18.2 Å². The summed E-state index contributed by atoms with van der Waals surface area (Å²) in [5.41, 5.74) is 0.767. The van der Waals surface area contributed by atoms with E-state index < -0.39 is 15.9 Å². The minimum Gasteiger partial charge on any atom is -0.495 e. The van der Waals surface area contributed by atoms with Crippen LogP contribution in [0.2, 0.25) is 5.02 Å². The monoisotopic (exact) mass is 440 g/mol. The number of amides is 1. The summed E-state index contributed by atoms with van der Waals surface area (Å²) in [4.78, 5) is 12.6. The number of methoxy groups -OCH3 is 1. The van der Waals surface area contributed by atoms with Gasteiger partial charge in [-0.3, -0.25) is 4.79 Å². The van der Waals surface area contributed by atoms with Crippen LogP contribution < -0.4 is 10.1 Å². The summed E-state index contributed by atoms with van der Waals surface area (Å²) in [5.74, 6) is -0.835. The van der Waals surface area contributed by atoms with Crippen molar-refractivity contribution < 1.29 is 22.3 Å². The van der Waals surface area contributed by atoms with Crippen molar-refractivity contribution in [2.24, 2.45) is 5.92 Å². The number of carbonyl (C=O) groups excluding carboxylic acids is 1. The number of ether oxygens (including phenoxy) is 1. The third-order valence-corrected chi connectivity index (χ3v) is 7.00. The Morgan fingerprint density at radius 3 is 2.69 bits per heavy atom. The molecule has 0 saturated carbocycles. The number of sulfonamides is 1. The highest BCUT2D eigenvalue weighted by Gasteiger charge is 2.34. The number of benzene rings is 2. The van der Waals surface area contributed by atoms with Crippen molar-refractivity contribution in [3.8, 4) is 5.75 Å². The number of hydrogen-bond acceptors (Lipinski definition) is 4. The van der Waals surface area contributed by atoms with Gasteiger partial charge in [0.15, 0.2) is 0 Å². The first-order valence-electron chi connectivity index (χ1n) is 9.17. The van der Waals surface area contributed by atoms with Crippen molar-refractivity contribution in [1.29, 1.82) is 0 Å². The van der Waals surface area contributed by atoms with Crippen molar-refractivity contribution in [2.45, 2.75) is 24.3 Å². The van der Waals surface area contributed by atoms with E-state index >= 15 is 0 Å². The van der Waals surface area contributed by atoms with E-state index in [-0.39, 0.29) is 40.5 Å². The van der Waals surface area contributed by atoms with Crippen LogP contribution >= 0.6 is 11.6 Å². The van der Waals surface area contributed by atoms with Crippen LogP contribution in [0.25, 0.3) is 0 Å². The maximum Gasteiger partial charge on any atom is 0.246 e. The normalized spacial score (nSPS) is 17.7. The number of nitrogens with one attached hydrogen (secondary N) is 1. The fourth-order valence-corrected chi connectivity index (χ4v) is 5.24. The summed E-state index contributed by atoms with van der Waals surface area (Å²) in [7, 11) is -2.47. The SMILES string of the molecule is COc1ccc(Cl)cc1S(=O)(=O)N1CCCC(C(=O)NCc2ccc(F)cc2)C1. The molecule has 0 aliphatic carbocycles. The highest BCUT2D eigenvalue weighted by Crippen LogP contribution is 2.32. The Bertz CT molecular complexity index is 982. The molecule has 1 saturated heterocycles. The molecule has 2 aromatic carbocycles. The zero-order valence-corrected chi connectivity index (χ0v) is 17.5. The van der Waals surface area contributed by atoms with Gasteiger partial charge >= 0.3 is 0 Å². The Morgan fingerprint density at radius 2 is 2.00 bits per heavy atom. The molecule has 1 amide bonds. The van der Waals surface area contributed by atoms with Gasteiger partial charge < -0.3 is 10.1 Å². The van der Waals surface area contributed by atoms with Gasteiger partial charge in [-0.15, -0.1) is 0 Å². The fraction of sp³-hybridized carbons (Fsp3) is 0.350. The van der Waals surface area contributed by atoms with Gasteiger partial charge in [0.25, 0.3) is 0 Å². The first-order valence-corrected chi connectivity index (χ1v) is 11.0. The summed E-state index contributed by atoms with van der Waals surface area (Å²) < 4.78 is 45.7. The highest BCUT2D eigenvalue weighted by atomic mass is 35.5. The average Bonchev–Trinajstić information content (AvgIpc) is 2.73. The molecule has 1 aliphatic rings. The minimum atomic E-state index is -3.86. The lowest BCUT2D eigenvalue weighted by atomic mass is 9.99. The molecule has 0 aromatic heterocycles. The quantitative estimate of drug-likeness (QED) is 0.748. The summed E-state index contributed by atoms with van der Waals surface area (Å²) >= 11 is 5.98. The Labute approximate surface area is 174 Å². The van der Waals surface area contributed by atoms with E-state index in [0.29, 0.717) is 19.4 Å². The van der Waals surface area contributed by atoms with Gasteiger partial charge in [-0.25, -0.2) is 12.8 Å². The maximum absolute atomic E-state index is 13.1. The molecule has 1 N–H and O–H groups in total. The second-order valence-corrected chi connectivity index (χ2v) is 9.18. The largest absolute Gasteiger partial charge is 0.495 e. The van der Waals surface area contributed by atoms with E-state index in [2.05, 4.69) is 5.32 Å². The Kier molecular flexibility index (Phi) is 6.77. The molecule has 0 bridgehead atoms. The van der Waals surface area contributed by atoms with Gasteiger partial charge in [-0.05, 0) is 48.7 Å². The van der Waals surface area contributed by atoms with Crippen LogP contribution in [-0.2, 0) is 21.4 Å². The zero-order chi connectivity index (χ0) is 21.0. The Morgan fingerprint density at radius 1 is 1.28 bits per heavy atom. The zero-order valence-electron chi connectivity index (χ0n) is 15.9. The molecule has 156 valence electrons. The number of nitrogens with zero attached hydrogens (tertiary/aromatic N) is 1. The van der Waals surface area contributed by atoms with Crippen LogP contribution in [-0.4, -0.2) is 38.8 Å². The fourth-order valence-electron chi connectivity index (χ4n) is 3.30. The summed E-state index contributed by atoms with van der Waals surface area (Å²) in [6.07, 6.45) is 1.16. The molecule has 29 heavy (non-hydrogen) atoms. The topological polar surface area (TPSA) is 75.7 Å². The van der Waals surface area contributed by atoms with Crippen molar-refractivity contribution in [3.05, 3.63) is 58.9 Å². The van der Waals surface area contributed by atoms with Crippen LogP contribution in [0.15, 0.2) is 47.4 Å². The van der Waals surface area contributed by atoms with Crippen LogP contribution in [0.4, 0.5) is 4.39 Å². The third-order valence-electron chi connectivity index (χ3n) is 4.88. The number of hydrogen-bond donors (Lipinski definition) is 1. The lowest BCUT2D eigenvalue weighted by Gasteiger charge is -2.31. The molecule has 1 aliphatic heterocycles. The van der Waals surface area contributed by atoms with Crippen LogP contribution in [0.5, 0.6) is 5.75 Å². The smallest absolute Gasteiger partial charge is 0.246 e. The van der Waals surface area contributed by atoms with E-state index in [9.17, 15) is 17.6 Å². The van der Waals surface area contributed by atoms with E-state index in [4.69, 9.17) is 16.3 Å². The lowest BCUT2D eigenvalue weighted by Crippen LogP contribution is -2.45. The van der Waals surface area contributed by atoms with Gasteiger partial charge in [-0.1, -0.05) is 23.7 Å².